The zero-order valence-corrected chi connectivity index (χ0v) is 15.4. The molecule has 0 atom stereocenters. The molecule has 2 aromatic carbocycles. The number of aromatic nitrogens is 3. The first-order valence-corrected chi connectivity index (χ1v) is 9.25. The zero-order valence-electron chi connectivity index (χ0n) is 15.4. The van der Waals surface area contributed by atoms with E-state index >= 15 is 0 Å². The Balaban J connectivity index is 1.55. The molecular formula is C21H23N5O. The lowest BCUT2D eigenvalue weighted by atomic mass is 9.96. The number of anilines is 1. The van der Waals surface area contributed by atoms with Crippen molar-refractivity contribution in [3.63, 3.8) is 0 Å². The van der Waals surface area contributed by atoms with Gasteiger partial charge in [0.1, 0.15) is 5.69 Å². The summed E-state index contributed by atoms with van der Waals surface area (Å²) in [6, 6.07) is 21.4. The Kier molecular flexibility index (Phi) is 4.98. The van der Waals surface area contributed by atoms with Crippen molar-refractivity contribution >= 4 is 5.95 Å². The molecule has 0 aliphatic carbocycles. The minimum atomic E-state index is -0.172. The van der Waals surface area contributed by atoms with E-state index in [9.17, 15) is 4.79 Å². The molecule has 6 nitrogen and oxygen atoms in total. The molecule has 138 valence electrons. The van der Waals surface area contributed by atoms with Crippen LogP contribution in [-0.2, 0) is 0 Å². The van der Waals surface area contributed by atoms with Crippen LogP contribution < -0.4 is 10.5 Å². The Morgan fingerprint density at radius 1 is 0.852 bits per heavy atom. The Labute approximate surface area is 158 Å². The van der Waals surface area contributed by atoms with Crippen molar-refractivity contribution in [1.29, 1.82) is 0 Å². The van der Waals surface area contributed by atoms with E-state index in [4.69, 9.17) is 0 Å². The van der Waals surface area contributed by atoms with Gasteiger partial charge in [-0.25, -0.2) is 0 Å². The average molecular weight is 361 g/mol. The van der Waals surface area contributed by atoms with Gasteiger partial charge in [0, 0.05) is 26.2 Å². The fourth-order valence-electron chi connectivity index (χ4n) is 3.60. The monoisotopic (exact) mass is 361 g/mol. The van der Waals surface area contributed by atoms with Gasteiger partial charge in [0.2, 0.25) is 5.95 Å². The van der Waals surface area contributed by atoms with E-state index in [-0.39, 0.29) is 11.6 Å². The van der Waals surface area contributed by atoms with Crippen LogP contribution in [0.5, 0.6) is 0 Å². The second-order valence-corrected chi connectivity index (χ2v) is 6.81. The number of piperazine rings is 1. The van der Waals surface area contributed by atoms with E-state index in [1.54, 1.807) is 6.92 Å². The van der Waals surface area contributed by atoms with Crippen LogP contribution in [0.3, 0.4) is 0 Å². The van der Waals surface area contributed by atoms with E-state index in [0.717, 1.165) is 26.2 Å². The zero-order chi connectivity index (χ0) is 18.6. The number of rotatable bonds is 4. The topological polar surface area (TPSA) is 65.1 Å². The van der Waals surface area contributed by atoms with Crippen LogP contribution in [0.2, 0.25) is 0 Å². The third-order valence-electron chi connectivity index (χ3n) is 5.06. The van der Waals surface area contributed by atoms with Crippen molar-refractivity contribution < 1.29 is 0 Å². The molecule has 0 amide bonds. The maximum Gasteiger partial charge on any atom is 0.273 e. The molecule has 1 saturated heterocycles. The molecular weight excluding hydrogens is 338 g/mol. The molecule has 1 fully saturated rings. The number of hydrogen-bond donors (Lipinski definition) is 1. The van der Waals surface area contributed by atoms with Crippen LogP contribution >= 0.6 is 0 Å². The molecule has 0 spiro atoms. The van der Waals surface area contributed by atoms with Crippen molar-refractivity contribution in [1.82, 2.24) is 20.1 Å². The first-order valence-electron chi connectivity index (χ1n) is 9.25. The maximum absolute atomic E-state index is 11.8. The van der Waals surface area contributed by atoms with E-state index < -0.39 is 0 Å². The number of benzene rings is 2. The Morgan fingerprint density at radius 3 is 1.93 bits per heavy atom. The van der Waals surface area contributed by atoms with Crippen LogP contribution in [0.15, 0.2) is 65.5 Å². The van der Waals surface area contributed by atoms with Gasteiger partial charge in [-0.15, -0.1) is 10.2 Å². The van der Waals surface area contributed by atoms with E-state index in [1.165, 1.54) is 11.1 Å². The predicted octanol–water partition coefficient (Wildman–Crippen LogP) is 2.38. The Morgan fingerprint density at radius 2 is 1.41 bits per heavy atom. The summed E-state index contributed by atoms with van der Waals surface area (Å²) in [6.07, 6.45) is 0. The van der Waals surface area contributed by atoms with Gasteiger partial charge >= 0.3 is 0 Å². The summed E-state index contributed by atoms with van der Waals surface area (Å²) in [5, 5.41) is 8.10. The van der Waals surface area contributed by atoms with Gasteiger partial charge in [0.15, 0.2) is 0 Å². The maximum atomic E-state index is 11.8. The molecule has 0 saturated carbocycles. The second-order valence-electron chi connectivity index (χ2n) is 6.81. The molecule has 0 radical (unpaired) electrons. The molecule has 1 aliphatic heterocycles. The van der Waals surface area contributed by atoms with E-state index in [1.807, 2.05) is 0 Å². The highest BCUT2D eigenvalue weighted by Gasteiger charge is 2.27. The molecule has 0 unspecified atom stereocenters. The third-order valence-corrected chi connectivity index (χ3v) is 5.06. The van der Waals surface area contributed by atoms with Gasteiger partial charge in [-0.2, -0.15) is 0 Å². The number of H-pyrrole nitrogens is 1. The first-order chi connectivity index (χ1) is 13.2. The number of aryl methyl sites for hydroxylation is 1. The van der Waals surface area contributed by atoms with E-state index in [2.05, 4.69) is 85.6 Å². The highest BCUT2D eigenvalue weighted by Crippen LogP contribution is 2.29. The fourth-order valence-corrected chi connectivity index (χ4v) is 3.60. The summed E-state index contributed by atoms with van der Waals surface area (Å²) < 4.78 is 0. The van der Waals surface area contributed by atoms with Crippen molar-refractivity contribution in [2.45, 2.75) is 13.0 Å². The van der Waals surface area contributed by atoms with Gasteiger partial charge in [-0.05, 0) is 18.1 Å². The molecule has 0 bridgehead atoms. The van der Waals surface area contributed by atoms with Crippen molar-refractivity contribution in [2.75, 3.05) is 31.1 Å². The lowest BCUT2D eigenvalue weighted by molar-refractivity contribution is 0.211. The largest absolute Gasteiger partial charge is 0.338 e. The summed E-state index contributed by atoms with van der Waals surface area (Å²) in [6.45, 7) is 5.02. The van der Waals surface area contributed by atoms with Gasteiger partial charge in [-0.3, -0.25) is 14.7 Å². The van der Waals surface area contributed by atoms with Crippen LogP contribution in [0.1, 0.15) is 22.9 Å². The lowest BCUT2D eigenvalue weighted by Crippen LogP contribution is -2.48. The minimum absolute atomic E-state index is 0.172. The molecule has 3 aromatic rings. The average Bonchev–Trinajstić information content (AvgIpc) is 2.72. The van der Waals surface area contributed by atoms with Gasteiger partial charge in [-0.1, -0.05) is 60.7 Å². The molecule has 4 rings (SSSR count). The first kappa shape index (κ1) is 17.4. The predicted molar refractivity (Wildman–Crippen MR) is 106 cm³/mol. The standard InChI is InChI=1S/C21H23N5O/c1-16-20(27)22-21(24-23-16)26-14-12-25(13-15-26)19(17-8-4-2-5-9-17)18-10-6-3-7-11-18/h2-11,19H,12-15H2,1H3,(H,22,24,27). The van der Waals surface area contributed by atoms with Gasteiger partial charge in [0.25, 0.3) is 5.56 Å². The van der Waals surface area contributed by atoms with Crippen LogP contribution in [0.25, 0.3) is 0 Å². The van der Waals surface area contributed by atoms with Crippen LogP contribution in [0, 0.1) is 6.92 Å². The molecule has 27 heavy (non-hydrogen) atoms. The summed E-state index contributed by atoms with van der Waals surface area (Å²) in [4.78, 5) is 19.2. The number of aromatic amines is 1. The molecule has 2 heterocycles. The quantitative estimate of drug-likeness (QED) is 0.773. The second kappa shape index (κ2) is 7.72. The van der Waals surface area contributed by atoms with Gasteiger partial charge in [0.05, 0.1) is 6.04 Å². The molecule has 1 N–H and O–H groups in total. The molecule has 1 aromatic heterocycles. The summed E-state index contributed by atoms with van der Waals surface area (Å²) in [7, 11) is 0. The number of hydrogen-bond acceptors (Lipinski definition) is 5. The molecule has 1 aliphatic rings. The summed E-state index contributed by atoms with van der Waals surface area (Å²) in [5.41, 5.74) is 2.81. The number of nitrogens with one attached hydrogen (secondary N) is 1. The highest BCUT2D eigenvalue weighted by atomic mass is 16.1. The van der Waals surface area contributed by atoms with Crippen molar-refractivity contribution in [3.8, 4) is 0 Å². The SMILES string of the molecule is Cc1nnc(N2CCN(C(c3ccccc3)c3ccccc3)CC2)[nH]c1=O. The third kappa shape index (κ3) is 3.75. The Bertz CT molecular complexity index is 894. The lowest BCUT2D eigenvalue weighted by Gasteiger charge is -2.39. The highest BCUT2D eigenvalue weighted by molar-refractivity contribution is 5.33. The van der Waals surface area contributed by atoms with Crippen molar-refractivity contribution in [3.05, 3.63) is 87.8 Å². The van der Waals surface area contributed by atoms with E-state index in [0.29, 0.717) is 11.6 Å². The van der Waals surface area contributed by atoms with Crippen molar-refractivity contribution in [2.24, 2.45) is 0 Å². The van der Waals surface area contributed by atoms with Crippen LogP contribution in [0.4, 0.5) is 5.95 Å². The fraction of sp³-hybridized carbons (Fsp3) is 0.286. The molecule has 6 heteroatoms. The Hall–Kier alpha value is -2.99. The van der Waals surface area contributed by atoms with Gasteiger partial charge < -0.3 is 4.90 Å². The normalized spacial score (nSPS) is 15.3. The summed E-state index contributed by atoms with van der Waals surface area (Å²) >= 11 is 0. The number of nitrogens with zero attached hydrogens (tertiary/aromatic N) is 4. The minimum Gasteiger partial charge on any atom is -0.338 e. The van der Waals surface area contributed by atoms with Crippen LogP contribution in [-0.4, -0.2) is 46.3 Å². The summed E-state index contributed by atoms with van der Waals surface area (Å²) in [5.74, 6) is 0.557. The smallest absolute Gasteiger partial charge is 0.273 e.